The molecule has 0 bridgehead atoms. The molecule has 0 heterocycles. The minimum Gasteiger partial charge on any atom is -0.443 e. The van der Waals surface area contributed by atoms with Crippen molar-refractivity contribution in [2.24, 2.45) is 11.5 Å². The number of imide groups is 1. The summed E-state index contributed by atoms with van der Waals surface area (Å²) in [5, 5.41) is 2.54. The van der Waals surface area contributed by atoms with E-state index in [1.165, 1.54) is 0 Å². The number of carbonyl (C=O) groups is 3. The van der Waals surface area contributed by atoms with Gasteiger partial charge in [-0.3, -0.25) is 9.59 Å². The fourth-order valence-corrected chi connectivity index (χ4v) is 1.78. The molecule has 0 aliphatic rings. The zero-order valence-electron chi connectivity index (χ0n) is 14.6. The minimum absolute atomic E-state index is 0.394. The van der Waals surface area contributed by atoms with Crippen LogP contribution in [-0.4, -0.2) is 54.1 Å². The van der Waals surface area contributed by atoms with Crippen LogP contribution in [0, 0.1) is 0 Å². The molecule has 0 radical (unpaired) electrons. The van der Waals surface area contributed by atoms with E-state index in [1.807, 2.05) is 0 Å². The van der Waals surface area contributed by atoms with E-state index in [0.29, 0.717) is 25.9 Å². The second kappa shape index (κ2) is 10.2. The molecule has 134 valence electrons. The summed E-state index contributed by atoms with van der Waals surface area (Å²) in [4.78, 5) is 37.1. The normalized spacial score (nSPS) is 12.4. The SMILES string of the molecule is CCNC(=O)CN(C(=O)OC(C)(C)C)C(=O)[C@@H](N)CCCCN. The largest absolute Gasteiger partial charge is 0.443 e. The summed E-state index contributed by atoms with van der Waals surface area (Å²) in [6, 6.07) is -0.872. The summed E-state index contributed by atoms with van der Waals surface area (Å²) >= 11 is 0. The van der Waals surface area contributed by atoms with Crippen molar-refractivity contribution in [3.63, 3.8) is 0 Å². The highest BCUT2D eigenvalue weighted by Gasteiger charge is 2.31. The molecule has 0 aromatic carbocycles. The van der Waals surface area contributed by atoms with E-state index in [2.05, 4.69) is 5.32 Å². The molecule has 23 heavy (non-hydrogen) atoms. The maximum atomic E-state index is 12.4. The Kier molecular flexibility index (Phi) is 9.43. The molecule has 0 saturated carbocycles. The first-order chi connectivity index (χ1) is 10.6. The van der Waals surface area contributed by atoms with Gasteiger partial charge >= 0.3 is 6.09 Å². The van der Waals surface area contributed by atoms with Crippen LogP contribution in [-0.2, 0) is 14.3 Å². The van der Waals surface area contributed by atoms with Crippen LogP contribution < -0.4 is 16.8 Å². The number of hydrogen-bond donors (Lipinski definition) is 3. The van der Waals surface area contributed by atoms with Gasteiger partial charge in [0.1, 0.15) is 12.1 Å². The number of nitrogens with zero attached hydrogens (tertiary/aromatic N) is 1. The van der Waals surface area contributed by atoms with Gasteiger partial charge in [0.05, 0.1) is 6.04 Å². The highest BCUT2D eigenvalue weighted by Crippen LogP contribution is 2.12. The molecule has 5 N–H and O–H groups in total. The Balaban J connectivity index is 4.98. The van der Waals surface area contributed by atoms with Crippen molar-refractivity contribution in [1.29, 1.82) is 0 Å². The molecular weight excluding hydrogens is 300 g/mol. The molecule has 0 aliphatic carbocycles. The van der Waals surface area contributed by atoms with Crippen LogP contribution in [0.4, 0.5) is 4.79 Å². The number of nitrogens with two attached hydrogens (primary N) is 2. The third kappa shape index (κ3) is 9.14. The topological polar surface area (TPSA) is 128 Å². The van der Waals surface area contributed by atoms with Gasteiger partial charge < -0.3 is 21.5 Å². The number of hydrogen-bond acceptors (Lipinski definition) is 6. The summed E-state index contributed by atoms with van der Waals surface area (Å²) in [6.45, 7) is 7.29. The first-order valence-corrected chi connectivity index (χ1v) is 7.89. The molecule has 0 unspecified atom stereocenters. The average Bonchev–Trinajstić information content (AvgIpc) is 2.42. The molecule has 8 heteroatoms. The molecule has 0 aliphatic heterocycles. The van der Waals surface area contributed by atoms with Crippen molar-refractivity contribution < 1.29 is 19.1 Å². The van der Waals surface area contributed by atoms with Gasteiger partial charge in [-0.05, 0) is 47.1 Å². The Hall–Kier alpha value is -1.67. The van der Waals surface area contributed by atoms with Gasteiger partial charge in [0.15, 0.2) is 0 Å². The predicted octanol–water partition coefficient (Wildman–Crippen LogP) is 0.343. The Bertz CT molecular complexity index is 407. The monoisotopic (exact) mass is 330 g/mol. The van der Waals surface area contributed by atoms with Crippen LogP contribution in [0.1, 0.15) is 47.0 Å². The summed E-state index contributed by atoms with van der Waals surface area (Å²) in [6.07, 6.45) is 0.935. The third-order valence-electron chi connectivity index (χ3n) is 2.84. The van der Waals surface area contributed by atoms with Crippen LogP contribution >= 0.6 is 0 Å². The number of unbranched alkanes of at least 4 members (excludes halogenated alkanes) is 1. The standard InChI is InChI=1S/C15H30N4O4/c1-5-18-12(20)10-19(14(22)23-15(2,3)4)13(21)11(17)8-6-7-9-16/h11H,5-10,16-17H2,1-4H3,(H,18,20)/t11-/m0/s1. The number of carbonyl (C=O) groups excluding carboxylic acids is 3. The van der Waals surface area contributed by atoms with E-state index in [-0.39, 0.29) is 0 Å². The Morgan fingerprint density at radius 1 is 1.22 bits per heavy atom. The minimum atomic E-state index is -0.872. The molecule has 0 fully saturated rings. The molecule has 1 atom stereocenters. The fraction of sp³-hybridized carbons (Fsp3) is 0.800. The lowest BCUT2D eigenvalue weighted by atomic mass is 10.1. The van der Waals surface area contributed by atoms with E-state index in [0.717, 1.165) is 11.3 Å². The van der Waals surface area contributed by atoms with Crippen LogP contribution in [0.3, 0.4) is 0 Å². The van der Waals surface area contributed by atoms with Gasteiger partial charge in [-0.25, -0.2) is 9.69 Å². The van der Waals surface area contributed by atoms with Gasteiger partial charge in [0.25, 0.3) is 0 Å². The van der Waals surface area contributed by atoms with Crippen molar-refractivity contribution in [2.45, 2.75) is 58.6 Å². The maximum Gasteiger partial charge on any atom is 0.417 e. The highest BCUT2D eigenvalue weighted by atomic mass is 16.6. The maximum absolute atomic E-state index is 12.4. The molecular formula is C15H30N4O4. The summed E-state index contributed by atoms with van der Waals surface area (Å²) < 4.78 is 5.19. The quantitative estimate of drug-likeness (QED) is 0.551. The average molecular weight is 330 g/mol. The summed E-state index contributed by atoms with van der Waals surface area (Å²) in [5.74, 6) is -1.07. The van der Waals surface area contributed by atoms with Gasteiger partial charge in [-0.15, -0.1) is 0 Å². The predicted molar refractivity (Wildman–Crippen MR) is 87.5 cm³/mol. The fourth-order valence-electron chi connectivity index (χ4n) is 1.78. The highest BCUT2D eigenvalue weighted by molar-refractivity contribution is 5.98. The molecule has 0 rings (SSSR count). The Morgan fingerprint density at radius 2 is 1.83 bits per heavy atom. The molecule has 0 aromatic rings. The van der Waals surface area contributed by atoms with E-state index < -0.39 is 36.1 Å². The number of nitrogens with one attached hydrogen (secondary N) is 1. The molecule has 0 saturated heterocycles. The van der Waals surface area contributed by atoms with Crippen molar-refractivity contribution in [3.05, 3.63) is 0 Å². The van der Waals surface area contributed by atoms with Gasteiger partial charge in [-0.1, -0.05) is 6.42 Å². The Morgan fingerprint density at radius 3 is 2.30 bits per heavy atom. The van der Waals surface area contributed by atoms with Crippen molar-refractivity contribution in [2.75, 3.05) is 19.6 Å². The third-order valence-corrected chi connectivity index (χ3v) is 2.84. The molecule has 3 amide bonds. The van der Waals surface area contributed by atoms with Crippen LogP contribution in [0.2, 0.25) is 0 Å². The van der Waals surface area contributed by atoms with Crippen LogP contribution in [0.25, 0.3) is 0 Å². The van der Waals surface area contributed by atoms with E-state index in [9.17, 15) is 14.4 Å². The lowest BCUT2D eigenvalue weighted by molar-refractivity contribution is -0.136. The van der Waals surface area contributed by atoms with Crippen molar-refractivity contribution in [1.82, 2.24) is 10.2 Å². The number of likely N-dealkylation sites (N-methyl/N-ethyl adjacent to an activating group) is 1. The first-order valence-electron chi connectivity index (χ1n) is 7.89. The van der Waals surface area contributed by atoms with Gasteiger partial charge in [-0.2, -0.15) is 0 Å². The smallest absolute Gasteiger partial charge is 0.417 e. The van der Waals surface area contributed by atoms with E-state index >= 15 is 0 Å². The van der Waals surface area contributed by atoms with Crippen molar-refractivity contribution >= 4 is 17.9 Å². The zero-order valence-corrected chi connectivity index (χ0v) is 14.6. The van der Waals surface area contributed by atoms with Gasteiger partial charge in [0, 0.05) is 6.54 Å². The molecule has 0 spiro atoms. The van der Waals surface area contributed by atoms with E-state index in [4.69, 9.17) is 16.2 Å². The number of rotatable bonds is 8. The van der Waals surface area contributed by atoms with Crippen molar-refractivity contribution in [3.8, 4) is 0 Å². The van der Waals surface area contributed by atoms with Crippen LogP contribution in [0.15, 0.2) is 0 Å². The number of amides is 3. The number of ether oxygens (including phenoxy) is 1. The first kappa shape index (κ1) is 21.3. The summed E-state index contributed by atoms with van der Waals surface area (Å²) in [5.41, 5.74) is 10.5. The molecule has 8 nitrogen and oxygen atoms in total. The molecule has 0 aromatic heterocycles. The zero-order chi connectivity index (χ0) is 18.0. The second-order valence-corrected chi connectivity index (χ2v) is 6.25. The summed E-state index contributed by atoms with van der Waals surface area (Å²) in [7, 11) is 0. The lowest BCUT2D eigenvalue weighted by Crippen LogP contribution is -2.51. The Labute approximate surface area is 137 Å². The lowest BCUT2D eigenvalue weighted by Gasteiger charge is -2.27. The van der Waals surface area contributed by atoms with Crippen LogP contribution in [0.5, 0.6) is 0 Å². The second-order valence-electron chi connectivity index (χ2n) is 6.25. The van der Waals surface area contributed by atoms with Gasteiger partial charge in [0.2, 0.25) is 11.8 Å². The van der Waals surface area contributed by atoms with E-state index in [1.54, 1.807) is 27.7 Å².